The number of hydrogen-bond donors (Lipinski definition) is 2. The molecule has 6 rings (SSSR count). The number of fused-ring (bicyclic) bond motifs is 2. The topological polar surface area (TPSA) is 70.2 Å². The number of pyridine rings is 2. The van der Waals surface area contributed by atoms with E-state index in [9.17, 15) is 0 Å². The van der Waals surface area contributed by atoms with Gasteiger partial charge in [0.15, 0.2) is 5.65 Å². The molecule has 0 radical (unpaired) electrons. The second-order valence-electron chi connectivity index (χ2n) is 7.16. The number of hydrogen-bond acceptors (Lipinski definition) is 3. The molecule has 0 bridgehead atoms. The fourth-order valence-electron chi connectivity index (χ4n) is 3.98. The lowest BCUT2D eigenvalue weighted by molar-refractivity contribution is 1.10. The second-order valence-corrected chi connectivity index (χ2v) is 7.16. The minimum Gasteiger partial charge on any atom is -0.353 e. The molecule has 4 heterocycles. The SMILES string of the molecule is C1=CC(c2cccc3[nH]c(-c4[nH]nc5ncc(-c6ccccn6)cc45)cc23)=CC1. The molecule has 5 nitrogen and oxygen atoms in total. The molecule has 1 aromatic carbocycles. The van der Waals surface area contributed by atoms with E-state index in [1.165, 1.54) is 16.5 Å². The summed E-state index contributed by atoms with van der Waals surface area (Å²) < 4.78 is 0. The van der Waals surface area contributed by atoms with Crippen LogP contribution in [0.15, 0.2) is 79.2 Å². The number of nitrogens with one attached hydrogen (secondary N) is 2. The Bertz CT molecular complexity index is 1420. The molecule has 5 heteroatoms. The van der Waals surface area contributed by atoms with Crippen LogP contribution in [-0.2, 0) is 0 Å². The zero-order valence-electron chi connectivity index (χ0n) is 15.6. The standard InChI is InChI=1S/C24H17N5/c1-2-7-15(6-1)17-8-5-10-21-18(17)13-22(27-21)23-19-12-16(14-26-24(19)29-28-23)20-9-3-4-11-25-20/h1,3-14,27H,2H2,(H,26,28,29). The van der Waals surface area contributed by atoms with Gasteiger partial charge in [-0.3, -0.25) is 10.1 Å². The summed E-state index contributed by atoms with van der Waals surface area (Å²) in [5, 5.41) is 9.75. The smallest absolute Gasteiger partial charge is 0.181 e. The lowest BCUT2D eigenvalue weighted by Gasteiger charge is -2.01. The van der Waals surface area contributed by atoms with Gasteiger partial charge < -0.3 is 4.98 Å². The number of allylic oxidation sites excluding steroid dienone is 4. The van der Waals surface area contributed by atoms with Gasteiger partial charge in [0, 0.05) is 34.2 Å². The average molecular weight is 375 g/mol. The Hall–Kier alpha value is -3.99. The molecule has 0 atom stereocenters. The molecule has 0 saturated carbocycles. The van der Waals surface area contributed by atoms with Gasteiger partial charge in [0.05, 0.1) is 17.1 Å². The molecule has 0 unspecified atom stereocenters. The van der Waals surface area contributed by atoms with Crippen molar-refractivity contribution < 1.29 is 0 Å². The van der Waals surface area contributed by atoms with Gasteiger partial charge in [0.25, 0.3) is 0 Å². The molecule has 29 heavy (non-hydrogen) atoms. The maximum absolute atomic E-state index is 4.52. The highest BCUT2D eigenvalue weighted by Gasteiger charge is 2.15. The first-order valence-electron chi connectivity index (χ1n) is 9.61. The van der Waals surface area contributed by atoms with E-state index in [0.29, 0.717) is 5.65 Å². The lowest BCUT2D eigenvalue weighted by atomic mass is 10.0. The minimum atomic E-state index is 0.694. The second kappa shape index (κ2) is 6.27. The van der Waals surface area contributed by atoms with E-state index >= 15 is 0 Å². The normalized spacial score (nSPS) is 13.4. The molecule has 2 N–H and O–H groups in total. The van der Waals surface area contributed by atoms with E-state index in [1.807, 2.05) is 24.4 Å². The molecule has 1 aliphatic carbocycles. The van der Waals surface area contributed by atoms with Gasteiger partial charge in [0.1, 0.15) is 0 Å². The number of rotatable bonds is 3. The predicted molar refractivity (Wildman–Crippen MR) is 116 cm³/mol. The summed E-state index contributed by atoms with van der Waals surface area (Å²) in [5.41, 5.74) is 8.12. The van der Waals surface area contributed by atoms with Crippen LogP contribution in [0.5, 0.6) is 0 Å². The Morgan fingerprint density at radius 3 is 2.79 bits per heavy atom. The van der Waals surface area contributed by atoms with Crippen LogP contribution in [0.2, 0.25) is 0 Å². The highest BCUT2D eigenvalue weighted by Crippen LogP contribution is 2.34. The van der Waals surface area contributed by atoms with Crippen LogP contribution < -0.4 is 0 Å². The summed E-state index contributed by atoms with van der Waals surface area (Å²) in [6.07, 6.45) is 11.2. The fraction of sp³-hybridized carbons (Fsp3) is 0.0417. The molecule has 138 valence electrons. The van der Waals surface area contributed by atoms with Crippen molar-refractivity contribution >= 4 is 27.5 Å². The minimum absolute atomic E-state index is 0.694. The van der Waals surface area contributed by atoms with Gasteiger partial charge in [-0.15, -0.1) is 0 Å². The summed E-state index contributed by atoms with van der Waals surface area (Å²) >= 11 is 0. The largest absolute Gasteiger partial charge is 0.353 e. The van der Waals surface area contributed by atoms with Crippen LogP contribution in [0.3, 0.4) is 0 Å². The zero-order chi connectivity index (χ0) is 19.2. The van der Waals surface area contributed by atoms with Crippen LogP contribution in [0.4, 0.5) is 0 Å². The molecular formula is C24H17N5. The van der Waals surface area contributed by atoms with Gasteiger partial charge in [-0.25, -0.2) is 4.98 Å². The van der Waals surface area contributed by atoms with Crippen LogP contribution in [0.25, 0.3) is 50.2 Å². The molecule has 0 spiro atoms. The molecule has 0 aliphatic heterocycles. The molecular weight excluding hydrogens is 358 g/mol. The molecule has 0 fully saturated rings. The van der Waals surface area contributed by atoms with E-state index in [1.54, 1.807) is 6.20 Å². The highest BCUT2D eigenvalue weighted by molar-refractivity contribution is 6.00. The van der Waals surface area contributed by atoms with Crippen LogP contribution in [0.1, 0.15) is 12.0 Å². The Kier molecular flexibility index (Phi) is 3.46. The number of nitrogens with zero attached hydrogens (tertiary/aromatic N) is 3. The first-order chi connectivity index (χ1) is 14.4. The monoisotopic (exact) mass is 375 g/mol. The van der Waals surface area contributed by atoms with Crippen molar-refractivity contribution in [3.63, 3.8) is 0 Å². The van der Waals surface area contributed by atoms with Crippen molar-refractivity contribution in [3.05, 3.63) is 84.7 Å². The summed E-state index contributed by atoms with van der Waals surface area (Å²) in [6, 6.07) is 16.5. The van der Waals surface area contributed by atoms with Gasteiger partial charge in [0.2, 0.25) is 0 Å². The Morgan fingerprint density at radius 1 is 0.931 bits per heavy atom. The Labute approximate surface area is 166 Å². The number of aromatic nitrogens is 5. The molecule has 0 amide bonds. The summed E-state index contributed by atoms with van der Waals surface area (Å²) in [6.45, 7) is 0. The van der Waals surface area contributed by atoms with E-state index in [4.69, 9.17) is 0 Å². The quantitative estimate of drug-likeness (QED) is 0.437. The van der Waals surface area contributed by atoms with Crippen molar-refractivity contribution in [2.45, 2.75) is 6.42 Å². The molecule has 1 aliphatic rings. The van der Waals surface area contributed by atoms with E-state index in [2.05, 4.69) is 73.7 Å². The predicted octanol–water partition coefficient (Wildman–Crippen LogP) is 5.51. The third-order valence-electron chi connectivity index (χ3n) is 5.39. The number of aromatic amines is 2. The van der Waals surface area contributed by atoms with Gasteiger partial charge in [-0.05, 0) is 47.9 Å². The maximum atomic E-state index is 4.52. The van der Waals surface area contributed by atoms with Crippen molar-refractivity contribution in [3.8, 4) is 22.6 Å². The fourth-order valence-corrected chi connectivity index (χ4v) is 3.98. The first-order valence-corrected chi connectivity index (χ1v) is 9.61. The van der Waals surface area contributed by atoms with Crippen LogP contribution in [0, 0.1) is 0 Å². The van der Waals surface area contributed by atoms with E-state index in [-0.39, 0.29) is 0 Å². The Balaban J connectivity index is 1.52. The van der Waals surface area contributed by atoms with Crippen molar-refractivity contribution in [1.82, 2.24) is 25.1 Å². The highest BCUT2D eigenvalue weighted by atomic mass is 15.2. The number of H-pyrrole nitrogens is 2. The van der Waals surface area contributed by atoms with E-state index < -0.39 is 0 Å². The lowest BCUT2D eigenvalue weighted by Crippen LogP contribution is -1.85. The number of benzene rings is 1. The van der Waals surface area contributed by atoms with Gasteiger partial charge >= 0.3 is 0 Å². The van der Waals surface area contributed by atoms with Crippen molar-refractivity contribution in [1.29, 1.82) is 0 Å². The van der Waals surface area contributed by atoms with Gasteiger partial charge in [-0.2, -0.15) is 5.10 Å². The van der Waals surface area contributed by atoms with Gasteiger partial charge in [-0.1, -0.05) is 36.4 Å². The molecule has 0 saturated heterocycles. The zero-order valence-corrected chi connectivity index (χ0v) is 15.6. The van der Waals surface area contributed by atoms with Crippen LogP contribution in [-0.4, -0.2) is 25.1 Å². The van der Waals surface area contributed by atoms with Crippen LogP contribution >= 0.6 is 0 Å². The summed E-state index contributed by atoms with van der Waals surface area (Å²) in [5.74, 6) is 0. The van der Waals surface area contributed by atoms with Crippen molar-refractivity contribution in [2.24, 2.45) is 0 Å². The average Bonchev–Trinajstić information content (AvgIpc) is 3.52. The van der Waals surface area contributed by atoms with E-state index in [0.717, 1.165) is 40.0 Å². The first kappa shape index (κ1) is 16.0. The van der Waals surface area contributed by atoms with Crippen molar-refractivity contribution in [2.75, 3.05) is 0 Å². The third kappa shape index (κ3) is 2.59. The molecule has 5 aromatic rings. The summed E-state index contributed by atoms with van der Waals surface area (Å²) in [7, 11) is 0. The molecule has 4 aromatic heterocycles. The third-order valence-corrected chi connectivity index (χ3v) is 5.39. The Morgan fingerprint density at radius 2 is 1.93 bits per heavy atom. The summed E-state index contributed by atoms with van der Waals surface area (Å²) in [4.78, 5) is 12.5. The maximum Gasteiger partial charge on any atom is 0.181 e.